The molecule has 1 aromatic heterocycles. The number of hydrogen-bond acceptors (Lipinski definition) is 2. The lowest BCUT2D eigenvalue weighted by Gasteiger charge is -2.16. The number of aromatic nitrogens is 1. The average molecular weight is 289 g/mol. The minimum Gasteiger partial charge on any atom is -0.310 e. The van der Waals surface area contributed by atoms with Crippen LogP contribution in [0.2, 0.25) is 5.02 Å². The van der Waals surface area contributed by atoms with Crippen LogP contribution < -0.4 is 5.32 Å². The number of hydrogen-bond donors (Lipinski definition) is 1. The molecule has 0 aliphatic carbocycles. The zero-order valence-corrected chi connectivity index (χ0v) is 13.0. The molecule has 0 bridgehead atoms. The van der Waals surface area contributed by atoms with E-state index in [2.05, 4.69) is 43.2 Å². The molecular formula is C17H21ClN2. The fraction of sp³-hybridized carbons (Fsp3) is 0.353. The second-order valence-corrected chi connectivity index (χ2v) is 5.51. The van der Waals surface area contributed by atoms with Gasteiger partial charge < -0.3 is 5.32 Å². The van der Waals surface area contributed by atoms with Crippen molar-refractivity contribution in [2.45, 2.75) is 33.2 Å². The molecule has 106 valence electrons. The second kappa shape index (κ2) is 6.87. The van der Waals surface area contributed by atoms with E-state index in [1.807, 2.05) is 24.5 Å². The van der Waals surface area contributed by atoms with Gasteiger partial charge in [0.1, 0.15) is 0 Å². The standard InChI is InChI=1S/C17H21ClN2/c1-4-8-20-13(3)16-6-5-14(10-17(16)18)15-7-9-19-11-12(15)2/h5-7,9-11,13,20H,4,8H2,1-3H3. The molecule has 1 aromatic carbocycles. The summed E-state index contributed by atoms with van der Waals surface area (Å²) >= 11 is 6.45. The van der Waals surface area contributed by atoms with E-state index < -0.39 is 0 Å². The molecule has 1 atom stereocenters. The Bertz CT molecular complexity index is 581. The molecule has 0 spiro atoms. The Morgan fingerprint density at radius 2 is 2.10 bits per heavy atom. The molecule has 0 fully saturated rings. The van der Waals surface area contributed by atoms with E-state index >= 15 is 0 Å². The van der Waals surface area contributed by atoms with E-state index in [9.17, 15) is 0 Å². The van der Waals surface area contributed by atoms with Crippen molar-refractivity contribution in [2.24, 2.45) is 0 Å². The minimum atomic E-state index is 0.273. The normalized spacial score (nSPS) is 12.4. The van der Waals surface area contributed by atoms with Crippen molar-refractivity contribution in [3.05, 3.63) is 52.8 Å². The van der Waals surface area contributed by atoms with E-state index in [1.54, 1.807) is 0 Å². The van der Waals surface area contributed by atoms with Crippen LogP contribution >= 0.6 is 11.6 Å². The number of pyridine rings is 1. The van der Waals surface area contributed by atoms with Crippen molar-refractivity contribution < 1.29 is 0 Å². The Morgan fingerprint density at radius 1 is 1.30 bits per heavy atom. The Hall–Kier alpha value is -1.38. The maximum Gasteiger partial charge on any atom is 0.0459 e. The van der Waals surface area contributed by atoms with E-state index in [0.717, 1.165) is 34.7 Å². The quantitative estimate of drug-likeness (QED) is 0.857. The number of nitrogens with zero attached hydrogens (tertiary/aromatic N) is 1. The monoisotopic (exact) mass is 288 g/mol. The van der Waals surface area contributed by atoms with Crippen molar-refractivity contribution in [1.29, 1.82) is 0 Å². The molecule has 0 saturated carbocycles. The predicted octanol–water partition coefficient (Wildman–Crippen LogP) is 4.77. The lowest BCUT2D eigenvalue weighted by Crippen LogP contribution is -2.19. The van der Waals surface area contributed by atoms with Gasteiger partial charge in [-0.25, -0.2) is 0 Å². The maximum absolute atomic E-state index is 6.45. The Balaban J connectivity index is 2.28. The summed E-state index contributed by atoms with van der Waals surface area (Å²) in [5.74, 6) is 0. The molecule has 2 aromatic rings. The van der Waals surface area contributed by atoms with Gasteiger partial charge in [0.25, 0.3) is 0 Å². The van der Waals surface area contributed by atoms with Gasteiger partial charge in [-0.05, 0) is 61.2 Å². The zero-order chi connectivity index (χ0) is 14.5. The van der Waals surface area contributed by atoms with Crippen LogP contribution in [0.1, 0.15) is 37.4 Å². The van der Waals surface area contributed by atoms with Crippen LogP contribution in [0.3, 0.4) is 0 Å². The molecule has 1 N–H and O–H groups in total. The third kappa shape index (κ3) is 3.38. The molecule has 2 nitrogen and oxygen atoms in total. The summed E-state index contributed by atoms with van der Waals surface area (Å²) in [6.45, 7) is 7.38. The first-order valence-corrected chi connectivity index (χ1v) is 7.45. The van der Waals surface area contributed by atoms with Crippen molar-refractivity contribution in [3.63, 3.8) is 0 Å². The van der Waals surface area contributed by atoms with Gasteiger partial charge in [-0.3, -0.25) is 4.98 Å². The zero-order valence-electron chi connectivity index (χ0n) is 12.3. The molecule has 0 aliphatic heterocycles. The molecule has 1 heterocycles. The van der Waals surface area contributed by atoms with E-state index in [1.165, 1.54) is 5.56 Å². The smallest absolute Gasteiger partial charge is 0.0459 e. The van der Waals surface area contributed by atoms with E-state index in [4.69, 9.17) is 11.6 Å². The van der Waals surface area contributed by atoms with Crippen LogP contribution in [0.4, 0.5) is 0 Å². The fourth-order valence-corrected chi connectivity index (χ4v) is 2.66. The first kappa shape index (κ1) is 15.0. The summed E-state index contributed by atoms with van der Waals surface area (Å²) in [6.07, 6.45) is 4.81. The van der Waals surface area contributed by atoms with E-state index in [-0.39, 0.29) is 6.04 Å². The van der Waals surface area contributed by atoms with Gasteiger partial charge in [0.15, 0.2) is 0 Å². The number of benzene rings is 1. The molecule has 0 amide bonds. The van der Waals surface area contributed by atoms with Crippen LogP contribution in [0.25, 0.3) is 11.1 Å². The fourth-order valence-electron chi connectivity index (χ4n) is 2.31. The highest BCUT2D eigenvalue weighted by Gasteiger charge is 2.10. The van der Waals surface area contributed by atoms with Gasteiger partial charge >= 0.3 is 0 Å². The predicted molar refractivity (Wildman–Crippen MR) is 86.1 cm³/mol. The van der Waals surface area contributed by atoms with Gasteiger partial charge in [0.2, 0.25) is 0 Å². The summed E-state index contributed by atoms with van der Waals surface area (Å²) in [6, 6.07) is 8.59. The molecular weight excluding hydrogens is 268 g/mol. The van der Waals surface area contributed by atoms with Gasteiger partial charge in [-0.1, -0.05) is 30.7 Å². The summed E-state index contributed by atoms with van der Waals surface area (Å²) in [5, 5.41) is 4.28. The maximum atomic E-state index is 6.45. The number of nitrogens with one attached hydrogen (secondary N) is 1. The SMILES string of the molecule is CCCNC(C)c1ccc(-c2ccncc2C)cc1Cl. The summed E-state index contributed by atoms with van der Waals surface area (Å²) in [5.41, 5.74) is 4.63. The third-order valence-corrected chi connectivity index (χ3v) is 3.83. The van der Waals surface area contributed by atoms with Crippen LogP contribution in [-0.4, -0.2) is 11.5 Å². The molecule has 3 heteroatoms. The Kier molecular flexibility index (Phi) is 5.16. The first-order valence-electron chi connectivity index (χ1n) is 7.07. The number of halogens is 1. The van der Waals surface area contributed by atoms with Gasteiger partial charge in [0.05, 0.1) is 0 Å². The highest BCUT2D eigenvalue weighted by molar-refractivity contribution is 6.31. The molecule has 2 rings (SSSR count). The van der Waals surface area contributed by atoms with Crippen LogP contribution in [-0.2, 0) is 0 Å². The molecule has 0 radical (unpaired) electrons. The Labute approximate surface area is 126 Å². The molecule has 20 heavy (non-hydrogen) atoms. The lowest BCUT2D eigenvalue weighted by molar-refractivity contribution is 0.571. The van der Waals surface area contributed by atoms with Crippen LogP contribution in [0, 0.1) is 6.92 Å². The van der Waals surface area contributed by atoms with Crippen molar-refractivity contribution in [3.8, 4) is 11.1 Å². The van der Waals surface area contributed by atoms with Crippen molar-refractivity contribution in [1.82, 2.24) is 10.3 Å². The van der Waals surface area contributed by atoms with Gasteiger partial charge in [0, 0.05) is 23.5 Å². The first-order chi connectivity index (χ1) is 9.63. The van der Waals surface area contributed by atoms with Crippen molar-refractivity contribution in [2.75, 3.05) is 6.54 Å². The third-order valence-electron chi connectivity index (χ3n) is 3.50. The molecule has 0 saturated heterocycles. The van der Waals surface area contributed by atoms with Gasteiger partial charge in [-0.15, -0.1) is 0 Å². The summed E-state index contributed by atoms with van der Waals surface area (Å²) < 4.78 is 0. The average Bonchev–Trinajstić information content (AvgIpc) is 2.45. The highest BCUT2D eigenvalue weighted by atomic mass is 35.5. The van der Waals surface area contributed by atoms with Crippen molar-refractivity contribution >= 4 is 11.6 Å². The van der Waals surface area contributed by atoms with Crippen LogP contribution in [0.5, 0.6) is 0 Å². The summed E-state index contributed by atoms with van der Waals surface area (Å²) in [4.78, 5) is 4.13. The Morgan fingerprint density at radius 3 is 2.75 bits per heavy atom. The number of rotatable bonds is 5. The highest BCUT2D eigenvalue weighted by Crippen LogP contribution is 2.30. The number of aryl methyl sites for hydroxylation is 1. The van der Waals surface area contributed by atoms with Gasteiger partial charge in [-0.2, -0.15) is 0 Å². The largest absolute Gasteiger partial charge is 0.310 e. The second-order valence-electron chi connectivity index (χ2n) is 5.10. The molecule has 0 aliphatic rings. The summed E-state index contributed by atoms with van der Waals surface area (Å²) in [7, 11) is 0. The van der Waals surface area contributed by atoms with E-state index in [0.29, 0.717) is 0 Å². The minimum absolute atomic E-state index is 0.273. The lowest BCUT2D eigenvalue weighted by atomic mass is 9.99. The van der Waals surface area contributed by atoms with Crippen LogP contribution in [0.15, 0.2) is 36.7 Å². The molecule has 1 unspecified atom stereocenters. The topological polar surface area (TPSA) is 24.9 Å².